The number of halogens is 1. The number of urea groups is 1. The van der Waals surface area contributed by atoms with Gasteiger partial charge in [-0.3, -0.25) is 0 Å². The van der Waals surface area contributed by atoms with Gasteiger partial charge in [0, 0.05) is 19.6 Å². The summed E-state index contributed by atoms with van der Waals surface area (Å²) in [6.45, 7) is 2.18. The maximum absolute atomic E-state index is 13.2. The van der Waals surface area contributed by atoms with E-state index in [2.05, 4.69) is 5.32 Å². The highest BCUT2D eigenvalue weighted by Crippen LogP contribution is 2.13. The van der Waals surface area contributed by atoms with Crippen LogP contribution < -0.4 is 11.1 Å². The Morgan fingerprint density at radius 2 is 2.19 bits per heavy atom. The molecule has 0 fully saturated rings. The molecule has 0 bridgehead atoms. The molecule has 0 radical (unpaired) electrons. The molecule has 16 heavy (non-hydrogen) atoms. The second kappa shape index (κ2) is 5.46. The van der Waals surface area contributed by atoms with Crippen molar-refractivity contribution in [3.8, 4) is 0 Å². The van der Waals surface area contributed by atoms with E-state index in [4.69, 9.17) is 5.73 Å². The van der Waals surface area contributed by atoms with Gasteiger partial charge >= 0.3 is 6.03 Å². The molecule has 0 spiro atoms. The maximum Gasteiger partial charge on any atom is 0.321 e. The summed E-state index contributed by atoms with van der Waals surface area (Å²) in [5, 5.41) is 2.48. The minimum absolute atomic E-state index is 0.0910. The molecule has 88 valence electrons. The van der Waals surface area contributed by atoms with E-state index < -0.39 is 5.82 Å². The predicted octanol–water partition coefficient (Wildman–Crippen LogP) is 1.64. The Hall–Kier alpha value is -1.62. The average molecular weight is 225 g/mol. The first kappa shape index (κ1) is 12.4. The fourth-order valence-electron chi connectivity index (χ4n) is 1.12. The van der Waals surface area contributed by atoms with Gasteiger partial charge in [-0.2, -0.15) is 0 Å². The molecule has 0 aliphatic heterocycles. The summed E-state index contributed by atoms with van der Waals surface area (Å²) in [6.07, 6.45) is 0. The number of rotatable bonds is 3. The fourth-order valence-corrected chi connectivity index (χ4v) is 1.12. The summed E-state index contributed by atoms with van der Waals surface area (Å²) in [5.74, 6) is -0.454. The molecule has 1 aromatic carbocycles. The highest BCUT2D eigenvalue weighted by molar-refractivity contribution is 5.89. The Bertz CT molecular complexity index is 370. The summed E-state index contributed by atoms with van der Waals surface area (Å²) in [4.78, 5) is 13.1. The lowest BCUT2D eigenvalue weighted by molar-refractivity contribution is 0.209. The Morgan fingerprint density at radius 1 is 1.56 bits per heavy atom. The van der Waals surface area contributed by atoms with Gasteiger partial charge < -0.3 is 16.0 Å². The largest absolute Gasteiger partial charge is 0.328 e. The van der Waals surface area contributed by atoms with Crippen molar-refractivity contribution in [3.05, 3.63) is 30.1 Å². The summed E-state index contributed by atoms with van der Waals surface area (Å²) >= 11 is 0. The molecule has 2 amide bonds. The number of likely N-dealkylation sites (N-methyl/N-ethyl adjacent to an activating group) is 1. The van der Waals surface area contributed by atoms with E-state index in [0.717, 1.165) is 0 Å². The van der Waals surface area contributed by atoms with Crippen LogP contribution in [-0.2, 0) is 0 Å². The zero-order chi connectivity index (χ0) is 12.1. The number of hydrogen-bond acceptors (Lipinski definition) is 2. The summed E-state index contributed by atoms with van der Waals surface area (Å²) in [6, 6.07) is 5.56. The van der Waals surface area contributed by atoms with Crippen molar-refractivity contribution in [1.29, 1.82) is 0 Å². The second-order valence-corrected chi connectivity index (χ2v) is 3.61. The molecule has 5 heteroatoms. The minimum atomic E-state index is -0.454. The molecule has 0 aliphatic rings. The number of nitrogens with two attached hydrogens (primary N) is 1. The van der Waals surface area contributed by atoms with Crippen LogP contribution in [0, 0.1) is 5.82 Å². The predicted molar refractivity (Wildman–Crippen MR) is 61.7 cm³/mol. The van der Waals surface area contributed by atoms with Crippen LogP contribution in [0.25, 0.3) is 0 Å². The lowest BCUT2D eigenvalue weighted by Gasteiger charge is -2.23. The monoisotopic (exact) mass is 225 g/mol. The van der Waals surface area contributed by atoms with E-state index in [1.165, 1.54) is 17.0 Å². The van der Waals surface area contributed by atoms with Crippen molar-refractivity contribution in [2.75, 3.05) is 18.9 Å². The molecule has 1 atom stereocenters. The number of anilines is 1. The standard InChI is InChI=1S/C11H16FN3O/c1-8(7-13)15(2)11(16)14-10-6-4-3-5-9(10)12/h3-6,8H,7,13H2,1-2H3,(H,14,16). The van der Waals surface area contributed by atoms with E-state index >= 15 is 0 Å². The Balaban J connectivity index is 2.68. The summed E-state index contributed by atoms with van der Waals surface area (Å²) in [5.41, 5.74) is 5.61. The van der Waals surface area contributed by atoms with Gasteiger partial charge in [0.2, 0.25) is 0 Å². The molecular weight excluding hydrogens is 209 g/mol. The van der Waals surface area contributed by atoms with Gasteiger partial charge in [0.05, 0.1) is 5.69 Å². The molecule has 0 aliphatic carbocycles. The molecule has 1 rings (SSSR count). The number of carbonyl (C=O) groups is 1. The van der Waals surface area contributed by atoms with Crippen molar-refractivity contribution in [2.45, 2.75) is 13.0 Å². The minimum Gasteiger partial charge on any atom is -0.328 e. The van der Waals surface area contributed by atoms with Gasteiger partial charge in [-0.05, 0) is 19.1 Å². The van der Waals surface area contributed by atoms with Crippen LogP contribution >= 0.6 is 0 Å². The first-order valence-electron chi connectivity index (χ1n) is 5.04. The molecular formula is C11H16FN3O. The molecule has 0 heterocycles. The number of nitrogens with one attached hydrogen (secondary N) is 1. The molecule has 0 saturated carbocycles. The van der Waals surface area contributed by atoms with Crippen molar-refractivity contribution >= 4 is 11.7 Å². The quantitative estimate of drug-likeness (QED) is 0.821. The number of amides is 2. The van der Waals surface area contributed by atoms with E-state index in [1.807, 2.05) is 6.92 Å². The molecule has 0 saturated heterocycles. The fraction of sp³-hybridized carbons (Fsp3) is 0.364. The van der Waals surface area contributed by atoms with Crippen LogP contribution in [0.5, 0.6) is 0 Å². The Kier molecular flexibility index (Phi) is 4.25. The van der Waals surface area contributed by atoms with E-state index in [9.17, 15) is 9.18 Å². The average Bonchev–Trinajstić information content (AvgIpc) is 2.30. The number of nitrogens with zero attached hydrogens (tertiary/aromatic N) is 1. The van der Waals surface area contributed by atoms with Gasteiger partial charge in [-0.1, -0.05) is 12.1 Å². The van der Waals surface area contributed by atoms with Crippen LogP contribution in [0.2, 0.25) is 0 Å². The van der Waals surface area contributed by atoms with Gasteiger partial charge in [0.15, 0.2) is 0 Å². The van der Waals surface area contributed by atoms with Crippen LogP contribution in [0.3, 0.4) is 0 Å². The third-order valence-electron chi connectivity index (χ3n) is 2.44. The normalized spacial score (nSPS) is 12.0. The third kappa shape index (κ3) is 2.93. The highest BCUT2D eigenvalue weighted by Gasteiger charge is 2.15. The smallest absolute Gasteiger partial charge is 0.321 e. The molecule has 4 nitrogen and oxygen atoms in total. The van der Waals surface area contributed by atoms with Crippen molar-refractivity contribution < 1.29 is 9.18 Å². The third-order valence-corrected chi connectivity index (χ3v) is 2.44. The highest BCUT2D eigenvalue weighted by atomic mass is 19.1. The topological polar surface area (TPSA) is 58.4 Å². The second-order valence-electron chi connectivity index (χ2n) is 3.61. The molecule has 0 aromatic heterocycles. The lowest BCUT2D eigenvalue weighted by atomic mass is 10.3. The van der Waals surface area contributed by atoms with E-state index in [-0.39, 0.29) is 17.8 Å². The summed E-state index contributed by atoms with van der Waals surface area (Å²) in [7, 11) is 1.62. The van der Waals surface area contributed by atoms with E-state index in [1.54, 1.807) is 19.2 Å². The number of hydrogen-bond donors (Lipinski definition) is 2. The number of benzene rings is 1. The van der Waals surface area contributed by atoms with E-state index in [0.29, 0.717) is 6.54 Å². The van der Waals surface area contributed by atoms with Gasteiger partial charge in [-0.25, -0.2) is 9.18 Å². The zero-order valence-corrected chi connectivity index (χ0v) is 9.40. The zero-order valence-electron chi connectivity index (χ0n) is 9.40. The van der Waals surface area contributed by atoms with Crippen LogP contribution in [-0.4, -0.2) is 30.6 Å². The number of carbonyl (C=O) groups excluding carboxylic acids is 1. The summed E-state index contributed by atoms with van der Waals surface area (Å²) < 4.78 is 13.2. The van der Waals surface area contributed by atoms with Crippen molar-refractivity contribution in [2.24, 2.45) is 5.73 Å². The maximum atomic E-state index is 13.2. The van der Waals surface area contributed by atoms with Crippen LogP contribution in [0.4, 0.5) is 14.9 Å². The molecule has 1 unspecified atom stereocenters. The van der Waals surface area contributed by atoms with Gasteiger partial charge in [0.1, 0.15) is 5.82 Å². The van der Waals surface area contributed by atoms with Crippen LogP contribution in [0.1, 0.15) is 6.92 Å². The van der Waals surface area contributed by atoms with Crippen molar-refractivity contribution in [3.63, 3.8) is 0 Å². The number of para-hydroxylation sites is 1. The van der Waals surface area contributed by atoms with Gasteiger partial charge in [-0.15, -0.1) is 0 Å². The first-order chi connectivity index (χ1) is 7.56. The van der Waals surface area contributed by atoms with Gasteiger partial charge in [0.25, 0.3) is 0 Å². The lowest BCUT2D eigenvalue weighted by Crippen LogP contribution is -2.42. The van der Waals surface area contributed by atoms with Crippen LogP contribution in [0.15, 0.2) is 24.3 Å². The molecule has 1 aromatic rings. The molecule has 3 N–H and O–H groups in total. The Labute approximate surface area is 94.2 Å². The SMILES string of the molecule is CC(CN)N(C)C(=O)Nc1ccccc1F. The van der Waals surface area contributed by atoms with Crippen molar-refractivity contribution in [1.82, 2.24) is 4.90 Å². The Morgan fingerprint density at radius 3 is 2.75 bits per heavy atom. The first-order valence-corrected chi connectivity index (χ1v) is 5.04.